The fourth-order valence-electron chi connectivity index (χ4n) is 3.11. The largest absolute Gasteiger partial charge is 0.363 e. The van der Waals surface area contributed by atoms with Gasteiger partial charge >= 0.3 is 5.97 Å². The molecule has 1 N–H and O–H groups in total. The average molecular weight is 315 g/mol. The lowest BCUT2D eigenvalue weighted by molar-refractivity contribution is -0.130. The van der Waals surface area contributed by atoms with Crippen LogP contribution in [0.4, 0.5) is 0 Å². The van der Waals surface area contributed by atoms with E-state index in [1.165, 1.54) is 18.4 Å². The lowest BCUT2D eigenvalue weighted by Crippen LogP contribution is -2.27. The van der Waals surface area contributed by atoms with Gasteiger partial charge in [-0.3, -0.25) is 4.79 Å². The quantitative estimate of drug-likeness (QED) is 0.673. The van der Waals surface area contributed by atoms with Gasteiger partial charge in [0.1, 0.15) is 0 Å². The molecule has 0 saturated heterocycles. The number of hydroxylamine groups is 1. The number of aryl methyl sites for hydroxylation is 3. The molecule has 1 aliphatic carbocycles. The van der Waals surface area contributed by atoms with Gasteiger partial charge in [-0.2, -0.15) is 5.48 Å². The molecule has 4 nitrogen and oxygen atoms in total. The van der Waals surface area contributed by atoms with E-state index in [1.807, 2.05) is 32.9 Å². The van der Waals surface area contributed by atoms with Crippen molar-refractivity contribution in [2.75, 3.05) is 0 Å². The lowest BCUT2D eigenvalue weighted by Gasteiger charge is -2.13. The number of hydrogen-bond acceptors (Lipinski definition) is 3. The second kappa shape index (κ2) is 7.95. The van der Waals surface area contributed by atoms with Crippen molar-refractivity contribution >= 4 is 11.9 Å². The molecule has 23 heavy (non-hydrogen) atoms. The SMILES string of the molecule is Cc1cc(C)c(C(=O)ONC(=O)CCC2=CCCCC2)c(C)c1. The van der Waals surface area contributed by atoms with Crippen LogP contribution in [0.1, 0.15) is 65.6 Å². The molecule has 0 radical (unpaired) electrons. The van der Waals surface area contributed by atoms with Crippen molar-refractivity contribution in [1.82, 2.24) is 5.48 Å². The van der Waals surface area contributed by atoms with Crippen molar-refractivity contribution in [3.63, 3.8) is 0 Å². The van der Waals surface area contributed by atoms with E-state index in [1.54, 1.807) is 0 Å². The molecular weight excluding hydrogens is 290 g/mol. The van der Waals surface area contributed by atoms with Gasteiger partial charge in [0.25, 0.3) is 5.91 Å². The van der Waals surface area contributed by atoms with Crippen LogP contribution in [-0.4, -0.2) is 11.9 Å². The van der Waals surface area contributed by atoms with E-state index in [-0.39, 0.29) is 5.91 Å². The van der Waals surface area contributed by atoms with Crippen LogP contribution in [0.5, 0.6) is 0 Å². The highest BCUT2D eigenvalue weighted by Crippen LogP contribution is 2.21. The summed E-state index contributed by atoms with van der Waals surface area (Å²) in [7, 11) is 0. The molecule has 1 amide bonds. The maximum absolute atomic E-state index is 12.2. The van der Waals surface area contributed by atoms with Crippen molar-refractivity contribution in [3.8, 4) is 0 Å². The first-order valence-electron chi connectivity index (χ1n) is 8.23. The van der Waals surface area contributed by atoms with E-state index in [9.17, 15) is 9.59 Å². The normalized spacial score (nSPS) is 14.1. The summed E-state index contributed by atoms with van der Waals surface area (Å²) in [6.07, 6.45) is 7.95. The Morgan fingerprint density at radius 1 is 1.13 bits per heavy atom. The zero-order valence-electron chi connectivity index (χ0n) is 14.2. The monoisotopic (exact) mass is 315 g/mol. The maximum atomic E-state index is 12.2. The van der Waals surface area contributed by atoms with Crippen LogP contribution in [0.25, 0.3) is 0 Å². The third kappa shape index (κ3) is 4.95. The van der Waals surface area contributed by atoms with Crippen LogP contribution >= 0.6 is 0 Å². The first kappa shape index (κ1) is 17.3. The maximum Gasteiger partial charge on any atom is 0.363 e. The second-order valence-corrected chi connectivity index (χ2v) is 6.30. The Balaban J connectivity index is 1.84. The number of nitrogens with one attached hydrogen (secondary N) is 1. The summed E-state index contributed by atoms with van der Waals surface area (Å²) in [5, 5.41) is 0. The van der Waals surface area contributed by atoms with Crippen LogP contribution in [0, 0.1) is 20.8 Å². The molecule has 1 aliphatic rings. The highest BCUT2D eigenvalue weighted by Gasteiger charge is 2.16. The highest BCUT2D eigenvalue weighted by atomic mass is 16.7. The number of rotatable bonds is 4. The van der Waals surface area contributed by atoms with Crippen molar-refractivity contribution in [2.24, 2.45) is 0 Å². The minimum Gasteiger partial charge on any atom is -0.335 e. The Bertz CT molecular complexity index is 608. The van der Waals surface area contributed by atoms with Gasteiger partial charge in [0.2, 0.25) is 0 Å². The van der Waals surface area contributed by atoms with Crippen molar-refractivity contribution in [1.29, 1.82) is 0 Å². The van der Waals surface area contributed by atoms with Crippen molar-refractivity contribution < 1.29 is 14.4 Å². The van der Waals surface area contributed by atoms with Gasteiger partial charge in [-0.05, 0) is 64.0 Å². The van der Waals surface area contributed by atoms with E-state index < -0.39 is 5.97 Å². The van der Waals surface area contributed by atoms with E-state index in [2.05, 4.69) is 11.6 Å². The Labute approximate surface area is 137 Å². The standard InChI is InChI=1S/C19H25NO3/c1-13-11-14(2)18(15(3)12-13)19(22)23-20-17(21)10-9-16-7-5-4-6-8-16/h7,11-12H,4-6,8-10H2,1-3H3,(H,20,21). The zero-order chi connectivity index (χ0) is 16.8. The number of amides is 1. The molecule has 0 spiro atoms. The summed E-state index contributed by atoms with van der Waals surface area (Å²) in [5.41, 5.74) is 6.94. The predicted octanol–water partition coefficient (Wildman–Crippen LogP) is 4.08. The number of hydrogen-bond donors (Lipinski definition) is 1. The minimum absolute atomic E-state index is 0.257. The summed E-state index contributed by atoms with van der Waals surface area (Å²) in [6.45, 7) is 5.72. The fraction of sp³-hybridized carbons (Fsp3) is 0.474. The Hall–Kier alpha value is -2.10. The highest BCUT2D eigenvalue weighted by molar-refractivity contribution is 5.93. The van der Waals surface area contributed by atoms with E-state index in [0.29, 0.717) is 12.0 Å². The summed E-state index contributed by atoms with van der Waals surface area (Å²) in [4.78, 5) is 29.0. The van der Waals surface area contributed by atoms with Gasteiger partial charge in [0.15, 0.2) is 0 Å². The van der Waals surface area contributed by atoms with Crippen LogP contribution in [0.3, 0.4) is 0 Å². The molecule has 4 heteroatoms. The van der Waals surface area contributed by atoms with Gasteiger partial charge in [0.05, 0.1) is 5.56 Å². The smallest absolute Gasteiger partial charge is 0.335 e. The summed E-state index contributed by atoms with van der Waals surface area (Å²) in [6, 6.07) is 3.86. The van der Waals surface area contributed by atoms with Gasteiger partial charge in [-0.25, -0.2) is 4.79 Å². The molecule has 0 saturated carbocycles. The van der Waals surface area contributed by atoms with E-state index in [4.69, 9.17) is 4.84 Å². The van der Waals surface area contributed by atoms with Gasteiger partial charge < -0.3 is 4.84 Å². The molecule has 1 aromatic rings. The van der Waals surface area contributed by atoms with Crippen molar-refractivity contribution in [3.05, 3.63) is 46.0 Å². The Morgan fingerprint density at radius 2 is 1.83 bits per heavy atom. The zero-order valence-corrected chi connectivity index (χ0v) is 14.2. The summed E-state index contributed by atoms with van der Waals surface area (Å²) in [5.74, 6) is -0.766. The molecular formula is C19H25NO3. The third-order valence-corrected chi connectivity index (χ3v) is 4.20. The molecule has 0 atom stereocenters. The van der Waals surface area contributed by atoms with Crippen LogP contribution in [-0.2, 0) is 9.63 Å². The van der Waals surface area contributed by atoms with E-state index in [0.717, 1.165) is 36.0 Å². The first-order chi connectivity index (χ1) is 11.0. The Kier molecular flexibility index (Phi) is 5.97. The van der Waals surface area contributed by atoms with Crippen LogP contribution < -0.4 is 5.48 Å². The molecule has 0 aromatic heterocycles. The molecule has 0 bridgehead atoms. The topological polar surface area (TPSA) is 55.4 Å². The summed E-state index contributed by atoms with van der Waals surface area (Å²) < 4.78 is 0. The molecule has 0 aliphatic heterocycles. The minimum atomic E-state index is -0.509. The van der Waals surface area contributed by atoms with Gasteiger partial charge in [-0.15, -0.1) is 0 Å². The number of benzene rings is 1. The lowest BCUT2D eigenvalue weighted by atomic mass is 9.96. The predicted molar refractivity (Wildman–Crippen MR) is 90.0 cm³/mol. The molecule has 0 heterocycles. The summed E-state index contributed by atoms with van der Waals surface area (Å²) >= 11 is 0. The van der Waals surface area contributed by atoms with E-state index >= 15 is 0 Å². The van der Waals surface area contributed by atoms with Crippen LogP contribution in [0.2, 0.25) is 0 Å². The Morgan fingerprint density at radius 3 is 2.43 bits per heavy atom. The second-order valence-electron chi connectivity index (χ2n) is 6.30. The molecule has 0 fully saturated rings. The third-order valence-electron chi connectivity index (χ3n) is 4.20. The van der Waals surface area contributed by atoms with Gasteiger partial charge in [-0.1, -0.05) is 29.3 Å². The first-order valence-corrected chi connectivity index (χ1v) is 8.23. The molecule has 1 aromatic carbocycles. The van der Waals surface area contributed by atoms with Gasteiger partial charge in [0, 0.05) is 6.42 Å². The number of carbonyl (C=O) groups is 2. The van der Waals surface area contributed by atoms with Crippen molar-refractivity contribution in [2.45, 2.75) is 59.3 Å². The average Bonchev–Trinajstić information content (AvgIpc) is 2.51. The molecule has 124 valence electrons. The molecule has 0 unspecified atom stereocenters. The number of allylic oxidation sites excluding steroid dienone is 2. The molecule has 2 rings (SSSR count). The number of carbonyl (C=O) groups excluding carboxylic acids is 2. The fourth-order valence-corrected chi connectivity index (χ4v) is 3.11. The van der Waals surface area contributed by atoms with Crippen LogP contribution in [0.15, 0.2) is 23.8 Å².